The molecular weight excluding hydrogens is 408 g/mol. The van der Waals surface area contributed by atoms with E-state index in [0.29, 0.717) is 25.3 Å². The van der Waals surface area contributed by atoms with Crippen molar-refractivity contribution in [1.29, 1.82) is 0 Å². The molecule has 0 aliphatic heterocycles. The van der Waals surface area contributed by atoms with Crippen LogP contribution in [0.25, 0.3) is 0 Å². The first-order valence-electron chi connectivity index (χ1n) is 7.93. The summed E-state index contributed by atoms with van der Waals surface area (Å²) in [5.74, 6) is -3.16. The number of carbonyl (C=O) groups is 4. The summed E-state index contributed by atoms with van der Waals surface area (Å²) in [6, 6.07) is 7.18. The van der Waals surface area contributed by atoms with Crippen molar-refractivity contribution in [2.24, 2.45) is 0 Å². The van der Waals surface area contributed by atoms with Crippen molar-refractivity contribution >= 4 is 39.8 Å². The largest absolute Gasteiger partial charge is 0.478 e. The van der Waals surface area contributed by atoms with Crippen LogP contribution in [-0.2, 0) is 35.1 Å². The van der Waals surface area contributed by atoms with Crippen molar-refractivity contribution < 1.29 is 33.8 Å². The molecule has 0 fully saturated rings. The molecule has 1 aromatic carbocycles. The Balaban J connectivity index is 2.13. The van der Waals surface area contributed by atoms with Crippen LogP contribution in [0.1, 0.15) is 31.2 Å². The fourth-order valence-electron chi connectivity index (χ4n) is 1.92. The lowest BCUT2D eigenvalue weighted by Crippen LogP contribution is -2.14. The Kier molecular flexibility index (Phi) is 9.93. The van der Waals surface area contributed by atoms with E-state index in [-0.39, 0.29) is 19.4 Å². The molecule has 7 nitrogen and oxygen atoms in total. The second-order valence-corrected chi connectivity index (χ2v) is 6.12. The predicted octanol–water partition coefficient (Wildman–Crippen LogP) is 2.81. The maximum atomic E-state index is 11.7. The van der Waals surface area contributed by atoms with Crippen LogP contribution in [0.4, 0.5) is 0 Å². The van der Waals surface area contributed by atoms with Gasteiger partial charge < -0.3 is 14.6 Å². The number of esters is 3. The third-order valence-corrected chi connectivity index (χ3v) is 3.93. The highest BCUT2D eigenvalue weighted by atomic mass is 79.9. The first-order valence-corrected chi connectivity index (χ1v) is 8.72. The van der Waals surface area contributed by atoms with E-state index in [4.69, 9.17) is 14.6 Å². The maximum absolute atomic E-state index is 11.7. The van der Waals surface area contributed by atoms with Crippen LogP contribution in [0.2, 0.25) is 0 Å². The molecule has 1 aromatic rings. The predicted molar refractivity (Wildman–Crippen MR) is 95.1 cm³/mol. The minimum atomic E-state index is -1.23. The van der Waals surface area contributed by atoms with Crippen molar-refractivity contribution in [2.45, 2.75) is 32.1 Å². The first-order chi connectivity index (χ1) is 12.4. The van der Waals surface area contributed by atoms with Crippen molar-refractivity contribution in [3.8, 4) is 0 Å². The summed E-state index contributed by atoms with van der Waals surface area (Å²) in [6.45, 7) is 0.124. The van der Waals surface area contributed by atoms with Crippen molar-refractivity contribution in [3.63, 3.8) is 0 Å². The Bertz CT molecular complexity index is 682. The number of rotatable bonds is 10. The molecular formula is C18H19BrO7. The second kappa shape index (κ2) is 12.0. The zero-order chi connectivity index (χ0) is 19.4. The molecule has 140 valence electrons. The first kappa shape index (κ1) is 21.6. The van der Waals surface area contributed by atoms with Gasteiger partial charge in [-0.3, -0.25) is 9.59 Å². The van der Waals surface area contributed by atoms with Crippen LogP contribution in [0, 0.1) is 0 Å². The van der Waals surface area contributed by atoms with E-state index in [1.807, 2.05) is 6.07 Å². The van der Waals surface area contributed by atoms with E-state index in [1.165, 1.54) is 0 Å². The lowest BCUT2D eigenvalue weighted by atomic mass is 10.1. The monoisotopic (exact) mass is 426 g/mol. The van der Waals surface area contributed by atoms with Gasteiger partial charge in [0.25, 0.3) is 0 Å². The van der Waals surface area contributed by atoms with Gasteiger partial charge in [-0.1, -0.05) is 34.1 Å². The fraction of sp³-hybridized carbons (Fsp3) is 0.333. The molecule has 0 aliphatic rings. The van der Waals surface area contributed by atoms with Gasteiger partial charge in [0.15, 0.2) is 0 Å². The number of carbonyl (C=O) groups excluding carboxylic acids is 3. The van der Waals surface area contributed by atoms with Crippen molar-refractivity contribution in [1.82, 2.24) is 0 Å². The Hall–Kier alpha value is -2.48. The molecule has 0 heterocycles. The molecule has 0 saturated carbocycles. The SMILES string of the molecule is O=C(O)/C=C/C(=O)OCCCCCC(=O)OC(=O)Cc1ccccc1Br. The standard InChI is InChI=1S/C18H19BrO7/c19-14-7-4-3-6-13(14)12-18(24)26-17(23)8-2-1-5-11-25-16(22)10-9-15(20)21/h3-4,6-7,9-10H,1-2,5,8,11-12H2,(H,20,21)/b10-9+. The highest BCUT2D eigenvalue weighted by Gasteiger charge is 2.12. The van der Waals surface area contributed by atoms with Gasteiger partial charge in [0.05, 0.1) is 13.0 Å². The van der Waals surface area contributed by atoms with Crippen LogP contribution >= 0.6 is 15.9 Å². The summed E-state index contributed by atoms with van der Waals surface area (Å²) >= 11 is 3.32. The van der Waals surface area contributed by atoms with Crippen LogP contribution in [0.5, 0.6) is 0 Å². The Morgan fingerprint density at radius 3 is 2.42 bits per heavy atom. The summed E-state index contributed by atoms with van der Waals surface area (Å²) in [5, 5.41) is 8.35. The number of carboxylic acids is 1. The summed E-state index contributed by atoms with van der Waals surface area (Å²) < 4.78 is 10.3. The summed E-state index contributed by atoms with van der Waals surface area (Å²) in [4.78, 5) is 44.6. The third kappa shape index (κ3) is 9.73. The summed E-state index contributed by atoms with van der Waals surface area (Å²) in [6.07, 6.45) is 3.24. The van der Waals surface area contributed by atoms with Gasteiger partial charge in [0.2, 0.25) is 0 Å². The number of hydrogen-bond donors (Lipinski definition) is 1. The van der Waals surface area contributed by atoms with E-state index < -0.39 is 23.9 Å². The van der Waals surface area contributed by atoms with Gasteiger partial charge in [-0.2, -0.15) is 0 Å². The molecule has 0 saturated heterocycles. The lowest BCUT2D eigenvalue weighted by molar-refractivity contribution is -0.159. The number of halogens is 1. The Labute approximate surface area is 159 Å². The molecule has 0 aliphatic carbocycles. The normalized spacial score (nSPS) is 10.5. The summed E-state index contributed by atoms with van der Waals surface area (Å²) in [7, 11) is 0. The number of unbranched alkanes of at least 4 members (excludes halogenated alkanes) is 2. The van der Waals surface area contributed by atoms with E-state index in [2.05, 4.69) is 15.9 Å². The minimum Gasteiger partial charge on any atom is -0.478 e. The van der Waals surface area contributed by atoms with Crippen LogP contribution in [-0.4, -0.2) is 35.6 Å². The number of aliphatic carboxylic acids is 1. The van der Waals surface area contributed by atoms with Gasteiger partial charge >= 0.3 is 23.9 Å². The number of benzene rings is 1. The molecule has 1 rings (SSSR count). The fourth-order valence-corrected chi connectivity index (χ4v) is 2.34. The lowest BCUT2D eigenvalue weighted by Gasteiger charge is -2.05. The average molecular weight is 427 g/mol. The molecule has 0 radical (unpaired) electrons. The molecule has 0 amide bonds. The molecule has 0 spiro atoms. The van der Waals surface area contributed by atoms with Crippen LogP contribution in [0.15, 0.2) is 40.9 Å². The molecule has 0 bridgehead atoms. The third-order valence-electron chi connectivity index (χ3n) is 3.15. The van der Waals surface area contributed by atoms with E-state index in [0.717, 1.165) is 16.1 Å². The van der Waals surface area contributed by atoms with E-state index in [1.54, 1.807) is 18.2 Å². The average Bonchev–Trinajstić information content (AvgIpc) is 2.58. The number of ether oxygens (including phenoxy) is 2. The quantitative estimate of drug-likeness (QED) is 0.265. The molecule has 0 unspecified atom stereocenters. The smallest absolute Gasteiger partial charge is 0.331 e. The van der Waals surface area contributed by atoms with E-state index >= 15 is 0 Å². The zero-order valence-electron chi connectivity index (χ0n) is 14.0. The highest BCUT2D eigenvalue weighted by Crippen LogP contribution is 2.16. The topological polar surface area (TPSA) is 107 Å². The van der Waals surface area contributed by atoms with Gasteiger partial charge in [0.1, 0.15) is 0 Å². The van der Waals surface area contributed by atoms with Crippen molar-refractivity contribution in [3.05, 3.63) is 46.5 Å². The molecule has 1 N–H and O–H groups in total. The molecule has 8 heteroatoms. The Morgan fingerprint density at radius 2 is 1.73 bits per heavy atom. The van der Waals surface area contributed by atoms with Gasteiger partial charge in [-0.05, 0) is 30.9 Å². The maximum Gasteiger partial charge on any atom is 0.331 e. The molecule has 0 aromatic heterocycles. The molecule has 26 heavy (non-hydrogen) atoms. The van der Waals surface area contributed by atoms with Gasteiger partial charge in [-0.15, -0.1) is 0 Å². The zero-order valence-corrected chi connectivity index (χ0v) is 15.6. The number of hydrogen-bond acceptors (Lipinski definition) is 6. The summed E-state index contributed by atoms with van der Waals surface area (Å²) in [5.41, 5.74) is 0.740. The minimum absolute atomic E-state index is 0.00692. The van der Waals surface area contributed by atoms with Gasteiger partial charge in [-0.25, -0.2) is 9.59 Å². The van der Waals surface area contributed by atoms with Crippen molar-refractivity contribution in [2.75, 3.05) is 6.61 Å². The van der Waals surface area contributed by atoms with Gasteiger partial charge in [0, 0.05) is 23.0 Å². The number of carboxylic acid groups (broad SMARTS) is 1. The second-order valence-electron chi connectivity index (χ2n) is 5.26. The van der Waals surface area contributed by atoms with E-state index in [9.17, 15) is 19.2 Å². The highest BCUT2D eigenvalue weighted by molar-refractivity contribution is 9.10. The van der Waals surface area contributed by atoms with Crippen LogP contribution < -0.4 is 0 Å². The molecule has 0 atom stereocenters. The van der Waals surface area contributed by atoms with Crippen LogP contribution in [0.3, 0.4) is 0 Å². The Morgan fingerprint density at radius 1 is 1.00 bits per heavy atom.